The summed E-state index contributed by atoms with van der Waals surface area (Å²) in [5, 5.41) is 11.4. The van der Waals surface area contributed by atoms with Crippen LogP contribution in [0.2, 0.25) is 10.0 Å². The summed E-state index contributed by atoms with van der Waals surface area (Å²) in [5.41, 5.74) is 0.937. The van der Waals surface area contributed by atoms with Gasteiger partial charge in [-0.3, -0.25) is 0 Å². The van der Waals surface area contributed by atoms with Crippen LogP contribution in [0.4, 0.5) is 0 Å². The highest BCUT2D eigenvalue weighted by Crippen LogP contribution is 2.28. The predicted molar refractivity (Wildman–Crippen MR) is 79.5 cm³/mol. The van der Waals surface area contributed by atoms with E-state index in [4.69, 9.17) is 23.2 Å². The number of hydrogen-bond donors (Lipinski definition) is 1. The first-order chi connectivity index (χ1) is 8.60. The molecule has 1 aromatic rings. The lowest BCUT2D eigenvalue weighted by Gasteiger charge is -2.22. The summed E-state index contributed by atoms with van der Waals surface area (Å²) in [5.74, 6) is 0.347. The van der Waals surface area contributed by atoms with Crippen molar-refractivity contribution in [3.8, 4) is 0 Å². The summed E-state index contributed by atoms with van der Waals surface area (Å²) >= 11 is 12.1. The first kappa shape index (κ1) is 15.8. The summed E-state index contributed by atoms with van der Waals surface area (Å²) in [4.78, 5) is 0. The Labute approximate surface area is 120 Å². The Morgan fingerprint density at radius 2 is 1.94 bits per heavy atom. The van der Waals surface area contributed by atoms with E-state index in [1.165, 1.54) is 12.8 Å². The summed E-state index contributed by atoms with van der Waals surface area (Å²) in [6, 6.07) is 5.58. The fourth-order valence-electron chi connectivity index (χ4n) is 2.23. The van der Waals surface area contributed by atoms with Gasteiger partial charge in [0, 0.05) is 6.42 Å². The molecule has 0 radical (unpaired) electrons. The molecule has 102 valence electrons. The first-order valence-corrected chi connectivity index (χ1v) is 7.46. The second kappa shape index (κ2) is 8.04. The molecule has 3 heteroatoms. The number of unbranched alkanes of at least 4 members (excludes halogenated alkanes) is 1. The van der Waals surface area contributed by atoms with Gasteiger partial charge in [0.2, 0.25) is 0 Å². The zero-order valence-electron chi connectivity index (χ0n) is 11.1. The maximum absolute atomic E-state index is 10.3. The second-order valence-electron chi connectivity index (χ2n) is 4.79. The van der Waals surface area contributed by atoms with Crippen molar-refractivity contribution in [1.82, 2.24) is 0 Å². The van der Waals surface area contributed by atoms with Crippen molar-refractivity contribution in [2.24, 2.45) is 5.92 Å². The normalized spacial score (nSPS) is 14.5. The van der Waals surface area contributed by atoms with E-state index < -0.39 is 0 Å². The monoisotopic (exact) mass is 288 g/mol. The van der Waals surface area contributed by atoms with Gasteiger partial charge < -0.3 is 5.11 Å². The van der Waals surface area contributed by atoms with E-state index >= 15 is 0 Å². The van der Waals surface area contributed by atoms with Crippen LogP contribution in [0.1, 0.15) is 45.1 Å². The molecule has 0 aliphatic rings. The summed E-state index contributed by atoms with van der Waals surface area (Å²) in [7, 11) is 0. The minimum absolute atomic E-state index is 0.336. The minimum Gasteiger partial charge on any atom is -0.392 e. The SMILES string of the molecule is CCCCC(CC)C(O)Cc1cccc(Cl)c1Cl. The third-order valence-corrected chi connectivity index (χ3v) is 4.32. The predicted octanol–water partition coefficient (Wildman–Crippen LogP) is 5.11. The molecule has 1 aromatic carbocycles. The fourth-order valence-corrected chi connectivity index (χ4v) is 2.63. The van der Waals surface area contributed by atoms with Gasteiger partial charge in [-0.15, -0.1) is 0 Å². The van der Waals surface area contributed by atoms with Crippen molar-refractivity contribution < 1.29 is 5.11 Å². The van der Waals surface area contributed by atoms with Crippen molar-refractivity contribution in [1.29, 1.82) is 0 Å². The van der Waals surface area contributed by atoms with Crippen LogP contribution in [0, 0.1) is 5.92 Å². The second-order valence-corrected chi connectivity index (χ2v) is 5.58. The van der Waals surface area contributed by atoms with E-state index in [-0.39, 0.29) is 6.10 Å². The molecule has 0 aliphatic heterocycles. The summed E-state index contributed by atoms with van der Waals surface area (Å²) < 4.78 is 0. The average Bonchev–Trinajstić information content (AvgIpc) is 2.36. The largest absolute Gasteiger partial charge is 0.392 e. The van der Waals surface area contributed by atoms with Crippen LogP contribution in [0.25, 0.3) is 0 Å². The van der Waals surface area contributed by atoms with Gasteiger partial charge in [0.1, 0.15) is 0 Å². The molecule has 0 saturated carbocycles. The topological polar surface area (TPSA) is 20.2 Å². The Balaban J connectivity index is 2.67. The highest BCUT2D eigenvalue weighted by Gasteiger charge is 2.18. The summed E-state index contributed by atoms with van der Waals surface area (Å²) in [6.45, 7) is 4.30. The molecular weight excluding hydrogens is 267 g/mol. The lowest BCUT2D eigenvalue weighted by molar-refractivity contribution is 0.0987. The molecule has 2 atom stereocenters. The first-order valence-electron chi connectivity index (χ1n) is 6.71. The number of aliphatic hydroxyl groups is 1. The number of rotatable bonds is 7. The molecule has 0 heterocycles. The molecule has 0 saturated heterocycles. The molecule has 18 heavy (non-hydrogen) atoms. The molecule has 0 bridgehead atoms. The van der Waals surface area contributed by atoms with Crippen LogP contribution in [-0.4, -0.2) is 11.2 Å². The fraction of sp³-hybridized carbons (Fsp3) is 0.600. The van der Waals surface area contributed by atoms with Crippen LogP contribution in [0.15, 0.2) is 18.2 Å². The van der Waals surface area contributed by atoms with E-state index in [0.717, 1.165) is 18.4 Å². The van der Waals surface area contributed by atoms with Gasteiger partial charge in [-0.1, -0.05) is 68.4 Å². The smallest absolute Gasteiger partial charge is 0.0625 e. The van der Waals surface area contributed by atoms with Crippen molar-refractivity contribution in [3.63, 3.8) is 0 Å². The minimum atomic E-state index is -0.336. The Morgan fingerprint density at radius 1 is 1.22 bits per heavy atom. The number of benzene rings is 1. The molecule has 0 aromatic heterocycles. The lowest BCUT2D eigenvalue weighted by atomic mass is 9.89. The van der Waals surface area contributed by atoms with Crippen LogP contribution < -0.4 is 0 Å². The van der Waals surface area contributed by atoms with E-state index in [1.807, 2.05) is 12.1 Å². The van der Waals surface area contributed by atoms with Gasteiger partial charge in [-0.2, -0.15) is 0 Å². The van der Waals surface area contributed by atoms with Crippen LogP contribution in [0.3, 0.4) is 0 Å². The quantitative estimate of drug-likeness (QED) is 0.739. The van der Waals surface area contributed by atoms with Gasteiger partial charge in [0.15, 0.2) is 0 Å². The average molecular weight is 289 g/mol. The van der Waals surface area contributed by atoms with Crippen molar-refractivity contribution in [3.05, 3.63) is 33.8 Å². The van der Waals surface area contributed by atoms with Gasteiger partial charge in [-0.25, -0.2) is 0 Å². The molecular formula is C15H22Cl2O. The molecule has 2 unspecified atom stereocenters. The molecule has 1 nitrogen and oxygen atoms in total. The maximum Gasteiger partial charge on any atom is 0.0625 e. The lowest BCUT2D eigenvalue weighted by Crippen LogP contribution is -2.22. The van der Waals surface area contributed by atoms with E-state index in [0.29, 0.717) is 22.4 Å². The van der Waals surface area contributed by atoms with Crippen molar-refractivity contribution in [2.45, 2.75) is 52.1 Å². The van der Waals surface area contributed by atoms with E-state index in [2.05, 4.69) is 13.8 Å². The Kier molecular flexibility index (Phi) is 7.06. The molecule has 1 N–H and O–H groups in total. The van der Waals surface area contributed by atoms with Crippen LogP contribution in [-0.2, 0) is 6.42 Å². The molecule has 0 fully saturated rings. The van der Waals surface area contributed by atoms with Crippen molar-refractivity contribution >= 4 is 23.2 Å². The third kappa shape index (κ3) is 4.46. The Bertz CT molecular complexity index is 366. The molecule has 0 spiro atoms. The maximum atomic E-state index is 10.3. The number of halogens is 2. The molecule has 0 aliphatic carbocycles. The van der Waals surface area contributed by atoms with Gasteiger partial charge >= 0.3 is 0 Å². The highest BCUT2D eigenvalue weighted by molar-refractivity contribution is 6.42. The van der Waals surface area contributed by atoms with E-state index in [1.54, 1.807) is 6.07 Å². The van der Waals surface area contributed by atoms with Gasteiger partial charge in [0.05, 0.1) is 16.1 Å². The number of aliphatic hydroxyl groups excluding tert-OH is 1. The highest BCUT2D eigenvalue weighted by atomic mass is 35.5. The van der Waals surface area contributed by atoms with Gasteiger partial charge in [0.25, 0.3) is 0 Å². The van der Waals surface area contributed by atoms with Crippen LogP contribution >= 0.6 is 23.2 Å². The molecule has 0 amide bonds. The summed E-state index contributed by atoms with van der Waals surface area (Å²) in [6.07, 6.45) is 4.66. The van der Waals surface area contributed by atoms with Gasteiger partial charge in [-0.05, 0) is 24.0 Å². The third-order valence-electron chi connectivity index (χ3n) is 3.46. The van der Waals surface area contributed by atoms with Crippen LogP contribution in [0.5, 0.6) is 0 Å². The Hall–Kier alpha value is -0.240. The van der Waals surface area contributed by atoms with Crippen molar-refractivity contribution in [2.75, 3.05) is 0 Å². The molecule has 1 rings (SSSR count). The number of hydrogen-bond acceptors (Lipinski definition) is 1. The standard InChI is InChI=1S/C15H22Cl2O/c1-3-5-7-11(4-2)14(18)10-12-8-6-9-13(16)15(12)17/h6,8-9,11,14,18H,3-5,7,10H2,1-2H3. The van der Waals surface area contributed by atoms with E-state index in [9.17, 15) is 5.11 Å². The Morgan fingerprint density at radius 3 is 2.56 bits per heavy atom. The zero-order valence-corrected chi connectivity index (χ0v) is 12.6. The zero-order chi connectivity index (χ0) is 13.5.